The zero-order valence-corrected chi connectivity index (χ0v) is 12.9. The molecule has 1 aliphatic heterocycles. The molecule has 1 amide bonds. The van der Waals surface area contributed by atoms with Crippen molar-refractivity contribution >= 4 is 18.3 Å². The van der Waals surface area contributed by atoms with Gasteiger partial charge in [0.2, 0.25) is 5.91 Å². The molecule has 1 saturated heterocycles. The van der Waals surface area contributed by atoms with Crippen LogP contribution in [0.5, 0.6) is 0 Å². The van der Waals surface area contributed by atoms with Gasteiger partial charge in [0.15, 0.2) is 0 Å². The second kappa shape index (κ2) is 8.25. The van der Waals surface area contributed by atoms with Crippen LogP contribution >= 0.6 is 12.4 Å². The Morgan fingerprint density at radius 2 is 2.25 bits per heavy atom. The lowest BCUT2D eigenvalue weighted by atomic mass is 10.1. The van der Waals surface area contributed by atoms with Gasteiger partial charge in [-0.25, -0.2) is 0 Å². The van der Waals surface area contributed by atoms with Crippen molar-refractivity contribution in [2.24, 2.45) is 0 Å². The Hall–Kier alpha value is -1.10. The smallest absolute Gasteiger partial charge is 0.222 e. The maximum atomic E-state index is 11.8. The standard InChI is InChI=1S/C15H22N2O2.ClH/c1-11-3-4-13(12(2)7-11)9-17-15(18)8-14-10-16-5-6-19-14;/h3-4,7,14,16H,5-6,8-10H2,1-2H3,(H,17,18);1H. The Morgan fingerprint density at radius 3 is 2.90 bits per heavy atom. The number of carbonyl (C=O) groups excluding carboxylic acids is 1. The summed E-state index contributed by atoms with van der Waals surface area (Å²) in [6, 6.07) is 6.28. The van der Waals surface area contributed by atoms with E-state index in [-0.39, 0.29) is 24.4 Å². The van der Waals surface area contributed by atoms with Crippen molar-refractivity contribution in [1.29, 1.82) is 0 Å². The van der Waals surface area contributed by atoms with E-state index in [1.54, 1.807) is 0 Å². The van der Waals surface area contributed by atoms with Crippen LogP contribution in [0.15, 0.2) is 18.2 Å². The van der Waals surface area contributed by atoms with E-state index >= 15 is 0 Å². The monoisotopic (exact) mass is 298 g/mol. The molecule has 1 aromatic carbocycles. The first-order valence-electron chi connectivity index (χ1n) is 6.80. The summed E-state index contributed by atoms with van der Waals surface area (Å²) in [5, 5.41) is 6.18. The summed E-state index contributed by atoms with van der Waals surface area (Å²) in [7, 11) is 0. The molecule has 1 unspecified atom stereocenters. The van der Waals surface area contributed by atoms with Gasteiger partial charge in [-0.3, -0.25) is 4.79 Å². The van der Waals surface area contributed by atoms with E-state index in [9.17, 15) is 4.79 Å². The number of nitrogens with one attached hydrogen (secondary N) is 2. The summed E-state index contributed by atoms with van der Waals surface area (Å²) in [5.74, 6) is 0.0497. The minimum absolute atomic E-state index is 0. The van der Waals surface area contributed by atoms with Gasteiger partial charge in [-0.2, -0.15) is 0 Å². The number of carbonyl (C=O) groups is 1. The van der Waals surface area contributed by atoms with Gasteiger partial charge in [-0.1, -0.05) is 23.8 Å². The molecule has 5 heteroatoms. The third kappa shape index (κ3) is 5.12. The number of rotatable bonds is 4. The summed E-state index contributed by atoms with van der Waals surface area (Å²) < 4.78 is 5.52. The molecule has 0 bridgehead atoms. The average molecular weight is 299 g/mol. The minimum atomic E-state index is 0. The molecule has 0 saturated carbocycles. The van der Waals surface area contributed by atoms with Crippen LogP contribution in [-0.2, 0) is 16.1 Å². The van der Waals surface area contributed by atoms with Crippen molar-refractivity contribution in [3.63, 3.8) is 0 Å². The van der Waals surface area contributed by atoms with Crippen molar-refractivity contribution in [2.75, 3.05) is 19.7 Å². The zero-order chi connectivity index (χ0) is 13.7. The first-order chi connectivity index (χ1) is 9.15. The quantitative estimate of drug-likeness (QED) is 0.890. The van der Waals surface area contributed by atoms with Crippen LogP contribution in [-0.4, -0.2) is 31.7 Å². The van der Waals surface area contributed by atoms with E-state index in [2.05, 4.69) is 42.7 Å². The highest BCUT2D eigenvalue weighted by Gasteiger charge is 2.17. The van der Waals surface area contributed by atoms with E-state index in [0.717, 1.165) is 13.1 Å². The van der Waals surface area contributed by atoms with Crippen LogP contribution in [0.4, 0.5) is 0 Å². The Bertz CT molecular complexity index is 445. The molecule has 2 N–H and O–H groups in total. The fourth-order valence-corrected chi connectivity index (χ4v) is 2.27. The van der Waals surface area contributed by atoms with Crippen LogP contribution in [0, 0.1) is 13.8 Å². The van der Waals surface area contributed by atoms with Crippen LogP contribution in [0.2, 0.25) is 0 Å². The highest BCUT2D eigenvalue weighted by Crippen LogP contribution is 2.10. The van der Waals surface area contributed by atoms with Gasteiger partial charge >= 0.3 is 0 Å². The van der Waals surface area contributed by atoms with Crippen molar-refractivity contribution in [3.8, 4) is 0 Å². The SMILES string of the molecule is Cc1ccc(CNC(=O)CC2CNCCO2)c(C)c1.Cl. The van der Waals surface area contributed by atoms with Gasteiger partial charge in [0.05, 0.1) is 19.1 Å². The van der Waals surface area contributed by atoms with Crippen LogP contribution in [0.3, 0.4) is 0 Å². The highest BCUT2D eigenvalue weighted by molar-refractivity contribution is 5.85. The largest absolute Gasteiger partial charge is 0.375 e. The van der Waals surface area contributed by atoms with Gasteiger partial charge in [0, 0.05) is 19.6 Å². The molecule has 1 atom stereocenters. The molecule has 0 aliphatic carbocycles. The first-order valence-corrected chi connectivity index (χ1v) is 6.80. The number of benzene rings is 1. The maximum Gasteiger partial charge on any atom is 0.222 e. The number of hydrogen-bond donors (Lipinski definition) is 2. The average Bonchev–Trinajstić information content (AvgIpc) is 2.39. The molecule has 0 radical (unpaired) electrons. The van der Waals surface area contributed by atoms with Gasteiger partial charge in [0.25, 0.3) is 0 Å². The molecule has 1 heterocycles. The molecule has 20 heavy (non-hydrogen) atoms. The molecule has 112 valence electrons. The topological polar surface area (TPSA) is 50.4 Å². The van der Waals surface area contributed by atoms with Crippen molar-refractivity contribution in [3.05, 3.63) is 34.9 Å². The molecule has 1 aliphatic rings. The Balaban J connectivity index is 0.00000200. The molecule has 0 aromatic heterocycles. The van der Waals surface area contributed by atoms with Crippen LogP contribution in [0.25, 0.3) is 0 Å². The van der Waals surface area contributed by atoms with E-state index in [1.165, 1.54) is 16.7 Å². The number of aryl methyl sites for hydroxylation is 2. The highest BCUT2D eigenvalue weighted by atomic mass is 35.5. The molecule has 1 fully saturated rings. The molecular formula is C15H23ClN2O2. The summed E-state index contributed by atoms with van der Waals surface area (Å²) >= 11 is 0. The van der Waals surface area contributed by atoms with E-state index < -0.39 is 0 Å². The minimum Gasteiger partial charge on any atom is -0.375 e. The number of morpholine rings is 1. The third-order valence-electron chi connectivity index (χ3n) is 3.39. The van der Waals surface area contributed by atoms with E-state index in [1.807, 2.05) is 0 Å². The number of ether oxygens (including phenoxy) is 1. The molecule has 1 aromatic rings. The van der Waals surface area contributed by atoms with Crippen molar-refractivity contribution < 1.29 is 9.53 Å². The zero-order valence-electron chi connectivity index (χ0n) is 12.1. The fraction of sp³-hybridized carbons (Fsp3) is 0.533. The fourth-order valence-electron chi connectivity index (χ4n) is 2.27. The molecule has 0 spiro atoms. The van der Waals surface area contributed by atoms with Crippen LogP contribution < -0.4 is 10.6 Å². The van der Waals surface area contributed by atoms with E-state index in [4.69, 9.17) is 4.74 Å². The summed E-state index contributed by atoms with van der Waals surface area (Å²) in [4.78, 5) is 11.8. The van der Waals surface area contributed by atoms with E-state index in [0.29, 0.717) is 19.6 Å². The number of halogens is 1. The lowest BCUT2D eigenvalue weighted by molar-refractivity contribution is -0.124. The predicted octanol–water partition coefficient (Wildman–Crippen LogP) is 1.72. The molecular weight excluding hydrogens is 276 g/mol. The van der Waals surface area contributed by atoms with Crippen molar-refractivity contribution in [2.45, 2.75) is 32.9 Å². The maximum absolute atomic E-state index is 11.8. The lowest BCUT2D eigenvalue weighted by Gasteiger charge is -2.23. The number of hydrogen-bond acceptors (Lipinski definition) is 3. The first kappa shape index (κ1) is 17.0. The lowest BCUT2D eigenvalue weighted by Crippen LogP contribution is -2.41. The normalized spacial score (nSPS) is 18.2. The second-order valence-electron chi connectivity index (χ2n) is 5.11. The Morgan fingerprint density at radius 1 is 1.45 bits per heavy atom. The van der Waals surface area contributed by atoms with Gasteiger partial charge in [-0.15, -0.1) is 12.4 Å². The Labute approximate surface area is 126 Å². The summed E-state index contributed by atoms with van der Waals surface area (Å²) in [6.07, 6.45) is 0.436. The van der Waals surface area contributed by atoms with Gasteiger partial charge in [0.1, 0.15) is 0 Å². The third-order valence-corrected chi connectivity index (χ3v) is 3.39. The van der Waals surface area contributed by atoms with Gasteiger partial charge in [-0.05, 0) is 25.0 Å². The predicted molar refractivity (Wildman–Crippen MR) is 82.2 cm³/mol. The molecule has 2 rings (SSSR count). The second-order valence-corrected chi connectivity index (χ2v) is 5.11. The number of amides is 1. The summed E-state index contributed by atoms with van der Waals surface area (Å²) in [5.41, 5.74) is 3.63. The molecule has 4 nitrogen and oxygen atoms in total. The van der Waals surface area contributed by atoms with Crippen LogP contribution in [0.1, 0.15) is 23.1 Å². The Kier molecular flexibility index (Phi) is 6.99. The van der Waals surface area contributed by atoms with Crippen molar-refractivity contribution in [1.82, 2.24) is 10.6 Å². The summed E-state index contributed by atoms with van der Waals surface area (Å²) in [6.45, 7) is 7.06. The van der Waals surface area contributed by atoms with Gasteiger partial charge < -0.3 is 15.4 Å².